The van der Waals surface area contributed by atoms with Gasteiger partial charge in [0.25, 0.3) is 0 Å². The third kappa shape index (κ3) is 3.04. The Morgan fingerprint density at radius 3 is 2.96 bits per heavy atom. The number of aryl methyl sites for hydroxylation is 1. The fourth-order valence-electron chi connectivity index (χ4n) is 4.85. The highest BCUT2D eigenvalue weighted by atomic mass is 16.5. The number of ether oxygens (including phenoxy) is 2. The fourth-order valence-corrected chi connectivity index (χ4v) is 4.85. The molecule has 5 heteroatoms. The highest BCUT2D eigenvalue weighted by molar-refractivity contribution is 5.75. The third-order valence-electron chi connectivity index (χ3n) is 6.11. The maximum Gasteiger partial charge on any atom is 0.231 e. The number of rotatable bonds is 2. The van der Waals surface area contributed by atoms with E-state index in [2.05, 4.69) is 43.9 Å². The molecule has 3 aliphatic heterocycles. The molecule has 1 amide bonds. The van der Waals surface area contributed by atoms with Crippen LogP contribution in [0.1, 0.15) is 43.9 Å². The molecule has 1 aromatic rings. The molecule has 2 saturated heterocycles. The van der Waals surface area contributed by atoms with Crippen LogP contribution >= 0.6 is 0 Å². The largest absolute Gasteiger partial charge is 0.487 e. The van der Waals surface area contributed by atoms with Crippen molar-refractivity contribution < 1.29 is 14.3 Å². The minimum Gasteiger partial charge on any atom is -0.487 e. The highest BCUT2D eigenvalue weighted by Crippen LogP contribution is 2.52. The van der Waals surface area contributed by atoms with Crippen LogP contribution in [0.2, 0.25) is 0 Å². The zero-order valence-corrected chi connectivity index (χ0v) is 15.3. The minimum atomic E-state index is -0.262. The van der Waals surface area contributed by atoms with E-state index in [9.17, 15) is 4.79 Å². The van der Waals surface area contributed by atoms with E-state index in [1.54, 1.807) is 0 Å². The lowest BCUT2D eigenvalue weighted by molar-refractivity contribution is -0.187. The first kappa shape index (κ1) is 16.9. The van der Waals surface area contributed by atoms with Crippen LogP contribution in [0.5, 0.6) is 5.75 Å². The van der Waals surface area contributed by atoms with Gasteiger partial charge in [0.1, 0.15) is 11.4 Å². The summed E-state index contributed by atoms with van der Waals surface area (Å²) in [6, 6.07) is 6.43. The van der Waals surface area contributed by atoms with Crippen molar-refractivity contribution in [2.75, 3.05) is 19.6 Å². The number of benzene rings is 1. The van der Waals surface area contributed by atoms with Gasteiger partial charge in [0.2, 0.25) is 5.91 Å². The second-order valence-corrected chi connectivity index (χ2v) is 8.43. The zero-order valence-electron chi connectivity index (χ0n) is 15.3. The molecule has 0 unspecified atom stereocenters. The van der Waals surface area contributed by atoms with Crippen LogP contribution < -0.4 is 10.5 Å². The molecular formula is C20H28N2O3. The van der Waals surface area contributed by atoms with Gasteiger partial charge in [0.05, 0.1) is 18.8 Å². The van der Waals surface area contributed by atoms with Gasteiger partial charge in [0.15, 0.2) is 0 Å². The monoisotopic (exact) mass is 344 g/mol. The Balaban J connectivity index is 1.59. The zero-order chi connectivity index (χ0) is 17.8. The Labute approximate surface area is 149 Å². The molecule has 5 nitrogen and oxygen atoms in total. The van der Waals surface area contributed by atoms with Crippen LogP contribution in [0.25, 0.3) is 0 Å². The molecule has 2 N–H and O–H groups in total. The van der Waals surface area contributed by atoms with E-state index in [0.717, 1.165) is 31.7 Å². The Morgan fingerprint density at radius 2 is 2.20 bits per heavy atom. The number of likely N-dealkylation sites (tertiary alicyclic amines) is 1. The van der Waals surface area contributed by atoms with Crippen LogP contribution in [0, 0.1) is 18.8 Å². The number of carbonyl (C=O) groups excluding carboxylic acids is 1. The van der Waals surface area contributed by atoms with E-state index < -0.39 is 0 Å². The predicted molar refractivity (Wildman–Crippen MR) is 95.3 cm³/mol. The summed E-state index contributed by atoms with van der Waals surface area (Å²) in [5.74, 6) is 1.47. The van der Waals surface area contributed by atoms with Crippen LogP contribution in [0.4, 0.5) is 0 Å². The van der Waals surface area contributed by atoms with Gasteiger partial charge < -0.3 is 15.2 Å². The molecule has 0 spiro atoms. The smallest absolute Gasteiger partial charge is 0.231 e. The second-order valence-electron chi connectivity index (χ2n) is 8.43. The molecule has 2 fully saturated rings. The molecule has 4 atom stereocenters. The van der Waals surface area contributed by atoms with Gasteiger partial charge in [-0.15, -0.1) is 0 Å². The Hall–Kier alpha value is -1.59. The standard InChI is InChI=1S/C20H28N2O3/c1-12-4-5-14-17(8-12)25-20(2,3)15-9-13-10-22(11-18(21)23)7-6-16(13)24-19(14)15/h4-5,8,13,15-16,19H,6-7,9-11H2,1-3H3,(H2,21,23)/t13-,15+,16+,19-/m1/s1. The summed E-state index contributed by atoms with van der Waals surface area (Å²) in [5, 5.41) is 0. The number of nitrogens with two attached hydrogens (primary N) is 1. The maximum absolute atomic E-state index is 11.3. The van der Waals surface area contributed by atoms with E-state index in [0.29, 0.717) is 18.4 Å². The first-order valence-electron chi connectivity index (χ1n) is 9.29. The van der Waals surface area contributed by atoms with Gasteiger partial charge in [-0.05, 0) is 51.2 Å². The first-order valence-corrected chi connectivity index (χ1v) is 9.29. The van der Waals surface area contributed by atoms with E-state index in [-0.39, 0.29) is 23.7 Å². The van der Waals surface area contributed by atoms with E-state index in [4.69, 9.17) is 15.2 Å². The number of hydrogen-bond donors (Lipinski definition) is 1. The molecule has 0 radical (unpaired) electrons. The van der Waals surface area contributed by atoms with Crippen LogP contribution in [-0.4, -0.2) is 42.1 Å². The molecule has 0 saturated carbocycles. The van der Waals surface area contributed by atoms with Crippen molar-refractivity contribution in [3.05, 3.63) is 29.3 Å². The Bertz CT molecular complexity index is 688. The van der Waals surface area contributed by atoms with Crippen LogP contribution in [-0.2, 0) is 9.53 Å². The van der Waals surface area contributed by atoms with Gasteiger partial charge in [-0.3, -0.25) is 9.69 Å². The van der Waals surface area contributed by atoms with E-state index in [1.165, 1.54) is 11.1 Å². The van der Waals surface area contributed by atoms with E-state index in [1.807, 2.05) is 0 Å². The summed E-state index contributed by atoms with van der Waals surface area (Å²) in [5.41, 5.74) is 7.51. The molecule has 25 heavy (non-hydrogen) atoms. The molecular weight excluding hydrogens is 316 g/mol. The number of nitrogens with zero attached hydrogens (tertiary/aromatic N) is 1. The van der Waals surface area contributed by atoms with Gasteiger partial charge in [-0.2, -0.15) is 0 Å². The number of fused-ring (bicyclic) bond motifs is 4. The van der Waals surface area contributed by atoms with Crippen molar-refractivity contribution in [1.29, 1.82) is 0 Å². The number of piperidine rings is 1. The lowest BCUT2D eigenvalue weighted by Gasteiger charge is -2.53. The number of amides is 1. The summed E-state index contributed by atoms with van der Waals surface area (Å²) in [6.07, 6.45) is 2.38. The van der Waals surface area contributed by atoms with Crippen LogP contribution in [0.15, 0.2) is 18.2 Å². The summed E-state index contributed by atoms with van der Waals surface area (Å²) in [7, 11) is 0. The topological polar surface area (TPSA) is 64.8 Å². The van der Waals surface area contributed by atoms with Crippen molar-refractivity contribution >= 4 is 5.91 Å². The number of carbonyl (C=O) groups is 1. The minimum absolute atomic E-state index is 0.100. The number of hydrogen-bond acceptors (Lipinski definition) is 4. The fraction of sp³-hybridized carbons (Fsp3) is 0.650. The van der Waals surface area contributed by atoms with Crippen molar-refractivity contribution in [3.8, 4) is 5.75 Å². The molecule has 3 heterocycles. The number of primary amides is 1. The van der Waals surface area contributed by atoms with Gasteiger partial charge in [-0.25, -0.2) is 0 Å². The second kappa shape index (κ2) is 5.99. The average molecular weight is 344 g/mol. The molecule has 0 aliphatic carbocycles. The van der Waals surface area contributed by atoms with Crippen LogP contribution in [0.3, 0.4) is 0 Å². The lowest BCUT2D eigenvalue weighted by atomic mass is 9.70. The summed E-state index contributed by atoms with van der Waals surface area (Å²) < 4.78 is 13.0. The summed E-state index contributed by atoms with van der Waals surface area (Å²) in [4.78, 5) is 13.4. The Kier molecular flexibility index (Phi) is 4.04. The molecule has 136 valence electrons. The van der Waals surface area contributed by atoms with Gasteiger partial charge in [-0.1, -0.05) is 12.1 Å². The van der Waals surface area contributed by atoms with Crippen molar-refractivity contribution in [2.45, 2.75) is 51.4 Å². The summed E-state index contributed by atoms with van der Waals surface area (Å²) in [6.45, 7) is 8.54. The van der Waals surface area contributed by atoms with Crippen molar-refractivity contribution in [3.63, 3.8) is 0 Å². The highest BCUT2D eigenvalue weighted by Gasteiger charge is 2.51. The lowest BCUT2D eigenvalue weighted by Crippen LogP contribution is -2.55. The first-order chi connectivity index (χ1) is 11.8. The SMILES string of the molecule is Cc1ccc2c(c1)OC(C)(C)[C@H]1C[C@@H]3CN(CC(N)=O)CC[C@@H]3O[C@H]21. The average Bonchev–Trinajstić information content (AvgIpc) is 2.52. The summed E-state index contributed by atoms with van der Waals surface area (Å²) >= 11 is 0. The maximum atomic E-state index is 11.3. The molecule has 1 aromatic carbocycles. The van der Waals surface area contributed by atoms with Gasteiger partial charge >= 0.3 is 0 Å². The Morgan fingerprint density at radius 1 is 1.40 bits per heavy atom. The predicted octanol–water partition coefficient (Wildman–Crippen LogP) is 2.42. The van der Waals surface area contributed by atoms with Crippen molar-refractivity contribution in [2.24, 2.45) is 17.6 Å². The third-order valence-corrected chi connectivity index (χ3v) is 6.11. The normalized spacial score (nSPS) is 33.6. The molecule has 4 rings (SSSR count). The molecule has 0 aromatic heterocycles. The van der Waals surface area contributed by atoms with E-state index >= 15 is 0 Å². The van der Waals surface area contributed by atoms with Gasteiger partial charge in [0, 0.05) is 24.6 Å². The quantitative estimate of drug-likeness (QED) is 0.895. The molecule has 0 bridgehead atoms. The molecule has 3 aliphatic rings. The van der Waals surface area contributed by atoms with Crippen molar-refractivity contribution in [1.82, 2.24) is 4.90 Å².